The fraction of sp³-hybridized carbons (Fsp3) is 0.0303. The van der Waals surface area contributed by atoms with Crippen LogP contribution in [0.5, 0.6) is 0 Å². The molecule has 0 aliphatic rings. The highest BCUT2D eigenvalue weighted by Gasteiger charge is 2.42. The summed E-state index contributed by atoms with van der Waals surface area (Å²) in [6.07, 6.45) is 0. The summed E-state index contributed by atoms with van der Waals surface area (Å²) in [4.78, 5) is 0. The van der Waals surface area contributed by atoms with Gasteiger partial charge in [-0.1, -0.05) is 97.1 Å². The van der Waals surface area contributed by atoms with Crippen LogP contribution in [0.25, 0.3) is 32.7 Å². The van der Waals surface area contributed by atoms with Crippen molar-refractivity contribution in [1.82, 2.24) is 0 Å². The highest BCUT2D eigenvalue weighted by Crippen LogP contribution is 2.53. The summed E-state index contributed by atoms with van der Waals surface area (Å²) in [5.74, 6) is 0. The SMILES string of the molecule is C[P+](c1ccccc1)(c1ccccc1)c1ccccc1-c1cccc2cc3ccccc3cc12. The molecule has 0 aliphatic heterocycles. The molecule has 0 N–H and O–H groups in total. The molecule has 0 aliphatic carbocycles. The van der Waals surface area contributed by atoms with Gasteiger partial charge < -0.3 is 0 Å². The lowest BCUT2D eigenvalue weighted by molar-refractivity contribution is 1.68. The second-order valence-corrected chi connectivity index (χ2v) is 12.4. The predicted octanol–water partition coefficient (Wildman–Crippen LogP) is 7.58. The van der Waals surface area contributed by atoms with Crippen LogP contribution in [0.15, 0.2) is 140 Å². The minimum atomic E-state index is -1.86. The summed E-state index contributed by atoms with van der Waals surface area (Å²) in [5, 5.41) is 9.38. The summed E-state index contributed by atoms with van der Waals surface area (Å²) >= 11 is 0. The molecule has 0 aromatic heterocycles. The molecular formula is C33H26P+. The molecule has 162 valence electrons. The molecule has 34 heavy (non-hydrogen) atoms. The maximum Gasteiger partial charge on any atom is 0.112 e. The van der Waals surface area contributed by atoms with Crippen molar-refractivity contribution in [2.45, 2.75) is 0 Å². The van der Waals surface area contributed by atoms with E-state index in [4.69, 9.17) is 0 Å². The summed E-state index contributed by atoms with van der Waals surface area (Å²) in [6.45, 7) is 2.47. The smallest absolute Gasteiger partial charge is 0.0620 e. The number of hydrogen-bond donors (Lipinski definition) is 0. The van der Waals surface area contributed by atoms with Crippen molar-refractivity contribution in [2.24, 2.45) is 0 Å². The Morgan fingerprint density at radius 1 is 0.412 bits per heavy atom. The summed E-state index contributed by atoms with van der Waals surface area (Å²) in [6, 6.07) is 51.2. The zero-order valence-electron chi connectivity index (χ0n) is 19.2. The average Bonchev–Trinajstić information content (AvgIpc) is 2.92. The molecule has 0 spiro atoms. The van der Waals surface area contributed by atoms with Crippen molar-refractivity contribution >= 4 is 44.7 Å². The summed E-state index contributed by atoms with van der Waals surface area (Å²) in [5.41, 5.74) is 2.63. The van der Waals surface area contributed by atoms with Crippen LogP contribution in [-0.2, 0) is 0 Å². The molecule has 6 aromatic rings. The Bertz CT molecular complexity index is 1560. The van der Waals surface area contributed by atoms with Crippen LogP contribution in [0, 0.1) is 0 Å². The van der Waals surface area contributed by atoms with Crippen LogP contribution in [0.3, 0.4) is 0 Å². The van der Waals surface area contributed by atoms with Gasteiger partial charge in [-0.2, -0.15) is 0 Å². The summed E-state index contributed by atoms with van der Waals surface area (Å²) < 4.78 is 0. The number of benzene rings is 6. The van der Waals surface area contributed by atoms with Gasteiger partial charge in [0, 0.05) is 5.56 Å². The van der Waals surface area contributed by atoms with Gasteiger partial charge in [-0.3, -0.25) is 0 Å². The Morgan fingerprint density at radius 3 is 1.59 bits per heavy atom. The zero-order valence-corrected chi connectivity index (χ0v) is 20.1. The quantitative estimate of drug-likeness (QED) is 0.191. The van der Waals surface area contributed by atoms with Crippen molar-refractivity contribution in [1.29, 1.82) is 0 Å². The standard InChI is InChI=1S/C33H26P/c1-34(28-16-4-2-5-17-28,29-18-6-3-7-19-29)33-22-11-10-20-31(33)30-21-12-15-27-23-25-13-8-9-14-26(25)24-32(27)30/h2-24H,1H3/q+1. The number of hydrogen-bond acceptors (Lipinski definition) is 0. The van der Waals surface area contributed by atoms with Gasteiger partial charge in [-0.05, 0) is 69.6 Å². The van der Waals surface area contributed by atoms with Gasteiger partial charge in [0.25, 0.3) is 0 Å². The fourth-order valence-electron chi connectivity index (χ4n) is 5.17. The minimum absolute atomic E-state index is 1.28. The van der Waals surface area contributed by atoms with Gasteiger partial charge in [0.15, 0.2) is 0 Å². The normalized spacial score (nSPS) is 11.7. The van der Waals surface area contributed by atoms with E-state index in [9.17, 15) is 0 Å². The third-order valence-electron chi connectivity index (χ3n) is 6.97. The second-order valence-electron chi connectivity index (χ2n) is 8.92. The van der Waals surface area contributed by atoms with Crippen molar-refractivity contribution in [3.05, 3.63) is 140 Å². The average molecular weight is 454 g/mol. The molecule has 0 bridgehead atoms. The van der Waals surface area contributed by atoms with E-state index in [0.717, 1.165) is 0 Å². The highest BCUT2D eigenvalue weighted by atomic mass is 31.2. The van der Waals surface area contributed by atoms with E-state index in [0.29, 0.717) is 0 Å². The first-order chi connectivity index (χ1) is 16.7. The topological polar surface area (TPSA) is 0 Å². The van der Waals surface area contributed by atoms with Crippen LogP contribution in [0.2, 0.25) is 0 Å². The third kappa shape index (κ3) is 3.43. The van der Waals surface area contributed by atoms with Crippen LogP contribution in [0.1, 0.15) is 0 Å². The summed E-state index contributed by atoms with van der Waals surface area (Å²) in [7, 11) is -1.86. The maximum absolute atomic E-state index is 2.47. The first kappa shape index (κ1) is 20.8. The van der Waals surface area contributed by atoms with Gasteiger partial charge in [-0.15, -0.1) is 0 Å². The Kier molecular flexibility index (Phi) is 5.25. The first-order valence-corrected chi connectivity index (χ1v) is 14.0. The molecule has 6 aromatic carbocycles. The van der Waals surface area contributed by atoms with Crippen molar-refractivity contribution < 1.29 is 0 Å². The van der Waals surface area contributed by atoms with E-state index < -0.39 is 7.26 Å². The van der Waals surface area contributed by atoms with E-state index in [1.165, 1.54) is 48.6 Å². The molecule has 1 heteroatoms. The molecule has 0 amide bonds. The van der Waals surface area contributed by atoms with E-state index in [1.807, 2.05) is 0 Å². The maximum atomic E-state index is 2.47. The lowest BCUT2D eigenvalue weighted by atomic mass is 9.95. The number of fused-ring (bicyclic) bond motifs is 2. The number of rotatable bonds is 4. The van der Waals surface area contributed by atoms with Crippen LogP contribution in [0.4, 0.5) is 0 Å². The van der Waals surface area contributed by atoms with Crippen LogP contribution in [-0.4, -0.2) is 6.66 Å². The zero-order chi connectivity index (χ0) is 23.0. The molecular weight excluding hydrogens is 427 g/mol. The van der Waals surface area contributed by atoms with E-state index in [1.54, 1.807) is 0 Å². The van der Waals surface area contributed by atoms with Crippen molar-refractivity contribution in [3.8, 4) is 11.1 Å². The molecule has 0 unspecified atom stereocenters. The van der Waals surface area contributed by atoms with Gasteiger partial charge in [0.05, 0.1) is 6.66 Å². The van der Waals surface area contributed by atoms with Crippen molar-refractivity contribution in [3.63, 3.8) is 0 Å². The van der Waals surface area contributed by atoms with Gasteiger partial charge >= 0.3 is 0 Å². The Hall–Kier alpha value is -3.73. The molecule has 0 fully saturated rings. The third-order valence-corrected chi connectivity index (χ3v) is 11.0. The molecule has 0 atom stereocenters. The predicted molar refractivity (Wildman–Crippen MR) is 152 cm³/mol. The van der Waals surface area contributed by atoms with Gasteiger partial charge in [0.2, 0.25) is 0 Å². The molecule has 0 saturated carbocycles. The lowest BCUT2D eigenvalue weighted by Gasteiger charge is -2.26. The molecule has 0 saturated heterocycles. The van der Waals surface area contributed by atoms with Gasteiger partial charge in [-0.25, -0.2) is 0 Å². The Balaban J connectivity index is 1.66. The monoisotopic (exact) mass is 453 g/mol. The molecule has 0 nitrogen and oxygen atoms in total. The molecule has 0 heterocycles. The van der Waals surface area contributed by atoms with E-state index >= 15 is 0 Å². The van der Waals surface area contributed by atoms with Crippen molar-refractivity contribution in [2.75, 3.05) is 6.66 Å². The first-order valence-electron chi connectivity index (χ1n) is 11.7. The van der Waals surface area contributed by atoms with E-state index in [-0.39, 0.29) is 0 Å². The fourth-order valence-corrected chi connectivity index (χ4v) is 8.62. The lowest BCUT2D eigenvalue weighted by Crippen LogP contribution is -2.31. The van der Waals surface area contributed by atoms with Crippen LogP contribution >= 0.6 is 7.26 Å². The molecule has 0 radical (unpaired) electrons. The van der Waals surface area contributed by atoms with Gasteiger partial charge in [0.1, 0.15) is 23.2 Å². The highest BCUT2D eigenvalue weighted by molar-refractivity contribution is 7.95. The second kappa shape index (κ2) is 8.56. The Labute approximate surface area is 201 Å². The largest absolute Gasteiger partial charge is 0.112 e. The molecule has 6 rings (SSSR count). The van der Waals surface area contributed by atoms with E-state index in [2.05, 4.69) is 146 Å². The van der Waals surface area contributed by atoms with Crippen LogP contribution < -0.4 is 15.9 Å². The Morgan fingerprint density at radius 2 is 0.912 bits per heavy atom. The minimum Gasteiger partial charge on any atom is -0.0620 e.